The molecule has 3 amide bonds. The number of hydrogen-bond donors (Lipinski definition) is 2. The van der Waals surface area contributed by atoms with Gasteiger partial charge < -0.3 is 16.0 Å². The number of nitrogens with zero attached hydrogens (tertiary/aromatic N) is 1. The lowest BCUT2D eigenvalue weighted by Crippen LogP contribution is -2.28. The fraction of sp³-hybridized carbons (Fsp3) is 0.211. The van der Waals surface area contributed by atoms with Gasteiger partial charge in [0.1, 0.15) is 0 Å². The zero-order valence-corrected chi connectivity index (χ0v) is 14.5. The molecule has 0 radical (unpaired) electrons. The summed E-state index contributed by atoms with van der Waals surface area (Å²) in [5, 5.41) is 2.63. The molecule has 6 nitrogen and oxygen atoms in total. The summed E-state index contributed by atoms with van der Waals surface area (Å²) in [6, 6.07) is 10.3. The second-order valence-electron chi connectivity index (χ2n) is 6.38. The molecule has 2 aromatic carbocycles. The average Bonchev–Trinajstić information content (AvgIpc) is 3.03. The smallest absolute Gasteiger partial charge is 0.366 e. The number of amides is 3. The lowest BCUT2D eigenvalue weighted by Gasteiger charge is -2.18. The van der Waals surface area contributed by atoms with E-state index in [1.165, 1.54) is 41.3 Å². The van der Waals surface area contributed by atoms with Crippen molar-refractivity contribution in [3.8, 4) is 0 Å². The first kappa shape index (κ1) is 19.4. The number of rotatable bonds is 4. The van der Waals surface area contributed by atoms with Crippen molar-refractivity contribution in [2.24, 2.45) is 11.7 Å². The molecule has 2 aromatic rings. The monoisotopic (exact) mass is 391 g/mol. The summed E-state index contributed by atoms with van der Waals surface area (Å²) >= 11 is 0. The number of halogens is 3. The number of nitrogens with two attached hydrogens (primary N) is 1. The second-order valence-corrected chi connectivity index (χ2v) is 6.38. The van der Waals surface area contributed by atoms with Crippen LogP contribution in [-0.2, 0) is 15.8 Å². The molecule has 1 fully saturated rings. The van der Waals surface area contributed by atoms with Crippen LogP contribution in [0.5, 0.6) is 0 Å². The molecule has 1 aliphatic rings. The van der Waals surface area contributed by atoms with Crippen molar-refractivity contribution in [1.29, 1.82) is 0 Å². The van der Waals surface area contributed by atoms with Crippen LogP contribution in [0.25, 0.3) is 0 Å². The number of nitrogens with one attached hydrogen (secondary N) is 1. The van der Waals surface area contributed by atoms with Gasteiger partial charge in [-0.3, -0.25) is 14.4 Å². The van der Waals surface area contributed by atoms with Gasteiger partial charge in [0.2, 0.25) is 17.7 Å². The second kappa shape index (κ2) is 7.34. The Morgan fingerprint density at radius 3 is 2.39 bits per heavy atom. The summed E-state index contributed by atoms with van der Waals surface area (Å²) in [5.41, 5.74) is 5.08. The summed E-state index contributed by atoms with van der Waals surface area (Å²) in [6.07, 6.45) is -4.63. The van der Waals surface area contributed by atoms with E-state index in [0.29, 0.717) is 5.69 Å². The van der Waals surface area contributed by atoms with E-state index in [4.69, 9.17) is 5.73 Å². The SMILES string of the molecule is NC(=O)c1ccc(NC(=O)[C@H]2CC(=O)N(c3cccc(C(F)(F)F)c3)C2)cc1. The highest BCUT2D eigenvalue weighted by atomic mass is 19.4. The van der Waals surface area contributed by atoms with Crippen molar-refractivity contribution in [2.45, 2.75) is 12.6 Å². The molecule has 9 heteroatoms. The molecule has 0 aliphatic carbocycles. The molecule has 0 bridgehead atoms. The van der Waals surface area contributed by atoms with Crippen LogP contribution in [0.1, 0.15) is 22.3 Å². The molecular weight excluding hydrogens is 375 g/mol. The number of alkyl halides is 3. The van der Waals surface area contributed by atoms with E-state index in [2.05, 4.69) is 5.32 Å². The number of carbonyl (C=O) groups excluding carboxylic acids is 3. The predicted octanol–water partition coefficient (Wildman–Crippen LogP) is 2.80. The lowest BCUT2D eigenvalue weighted by molar-refractivity contribution is -0.137. The highest BCUT2D eigenvalue weighted by Gasteiger charge is 2.37. The van der Waals surface area contributed by atoms with Gasteiger partial charge in [-0.1, -0.05) is 6.07 Å². The number of anilines is 2. The van der Waals surface area contributed by atoms with Crippen LogP contribution in [0.4, 0.5) is 24.5 Å². The first-order valence-corrected chi connectivity index (χ1v) is 8.33. The van der Waals surface area contributed by atoms with E-state index in [1.54, 1.807) is 0 Å². The normalized spacial score (nSPS) is 16.9. The number of carbonyl (C=O) groups is 3. The third-order valence-electron chi connectivity index (χ3n) is 4.42. The maximum Gasteiger partial charge on any atom is 0.416 e. The number of primary amides is 1. The Labute approximate surface area is 158 Å². The molecule has 1 aliphatic heterocycles. The standard InChI is InChI=1S/C19H16F3N3O3/c20-19(21,22)13-2-1-3-15(9-13)25-10-12(8-16(25)26)18(28)24-14-6-4-11(5-7-14)17(23)27/h1-7,9,12H,8,10H2,(H2,23,27)(H,24,28)/t12-/m0/s1. The van der Waals surface area contributed by atoms with Crippen LogP contribution in [0, 0.1) is 5.92 Å². The van der Waals surface area contributed by atoms with Crippen molar-refractivity contribution >= 4 is 29.1 Å². The third-order valence-corrected chi connectivity index (χ3v) is 4.42. The highest BCUT2D eigenvalue weighted by Crippen LogP contribution is 2.33. The van der Waals surface area contributed by atoms with Crippen LogP contribution in [0.15, 0.2) is 48.5 Å². The van der Waals surface area contributed by atoms with Gasteiger partial charge in [-0.15, -0.1) is 0 Å². The van der Waals surface area contributed by atoms with Crippen molar-refractivity contribution in [2.75, 3.05) is 16.8 Å². The lowest BCUT2D eigenvalue weighted by atomic mass is 10.1. The van der Waals surface area contributed by atoms with Crippen molar-refractivity contribution in [3.05, 3.63) is 59.7 Å². The van der Waals surface area contributed by atoms with Crippen LogP contribution in [0.2, 0.25) is 0 Å². The van der Waals surface area contributed by atoms with Crippen molar-refractivity contribution in [1.82, 2.24) is 0 Å². The third kappa shape index (κ3) is 4.13. The van der Waals surface area contributed by atoms with E-state index in [-0.39, 0.29) is 24.2 Å². The van der Waals surface area contributed by atoms with Gasteiger partial charge in [-0.25, -0.2) is 0 Å². The van der Waals surface area contributed by atoms with E-state index < -0.39 is 35.4 Å². The predicted molar refractivity (Wildman–Crippen MR) is 95.5 cm³/mol. The molecule has 1 heterocycles. The zero-order valence-electron chi connectivity index (χ0n) is 14.5. The zero-order chi connectivity index (χ0) is 20.5. The Hall–Kier alpha value is -3.36. The fourth-order valence-electron chi connectivity index (χ4n) is 2.95. The summed E-state index contributed by atoms with van der Waals surface area (Å²) < 4.78 is 38.6. The van der Waals surface area contributed by atoms with Gasteiger partial charge in [0.05, 0.1) is 11.5 Å². The molecule has 1 atom stereocenters. The summed E-state index contributed by atoms with van der Waals surface area (Å²) in [5.74, 6) is -2.17. The Morgan fingerprint density at radius 1 is 1.11 bits per heavy atom. The summed E-state index contributed by atoms with van der Waals surface area (Å²) in [4.78, 5) is 36.9. The summed E-state index contributed by atoms with van der Waals surface area (Å²) in [7, 11) is 0. The van der Waals surface area contributed by atoms with Crippen LogP contribution < -0.4 is 16.0 Å². The first-order chi connectivity index (χ1) is 13.1. The van der Waals surface area contributed by atoms with Gasteiger partial charge in [-0.05, 0) is 42.5 Å². The summed E-state index contributed by atoms with van der Waals surface area (Å²) in [6.45, 7) is -0.0225. The molecule has 28 heavy (non-hydrogen) atoms. The van der Waals surface area contributed by atoms with E-state index in [0.717, 1.165) is 12.1 Å². The molecule has 146 valence electrons. The van der Waals surface area contributed by atoms with E-state index in [9.17, 15) is 27.6 Å². The molecule has 1 saturated heterocycles. The Morgan fingerprint density at radius 2 is 1.79 bits per heavy atom. The van der Waals surface area contributed by atoms with Gasteiger partial charge >= 0.3 is 6.18 Å². The maximum atomic E-state index is 12.9. The minimum atomic E-state index is -4.52. The van der Waals surface area contributed by atoms with Crippen LogP contribution in [0.3, 0.4) is 0 Å². The van der Waals surface area contributed by atoms with Gasteiger partial charge in [0.15, 0.2) is 0 Å². The quantitative estimate of drug-likeness (QED) is 0.840. The van der Waals surface area contributed by atoms with E-state index >= 15 is 0 Å². The minimum absolute atomic E-state index is 0.0225. The number of hydrogen-bond acceptors (Lipinski definition) is 3. The van der Waals surface area contributed by atoms with Gasteiger partial charge in [0, 0.05) is 29.9 Å². The minimum Gasteiger partial charge on any atom is -0.366 e. The Balaban J connectivity index is 1.70. The highest BCUT2D eigenvalue weighted by molar-refractivity contribution is 6.03. The van der Waals surface area contributed by atoms with Crippen molar-refractivity contribution in [3.63, 3.8) is 0 Å². The molecule has 3 N–H and O–H groups in total. The largest absolute Gasteiger partial charge is 0.416 e. The number of benzene rings is 2. The maximum absolute atomic E-state index is 12.9. The molecular formula is C19H16F3N3O3. The molecule has 0 saturated carbocycles. The van der Waals surface area contributed by atoms with Crippen LogP contribution in [-0.4, -0.2) is 24.3 Å². The average molecular weight is 391 g/mol. The van der Waals surface area contributed by atoms with Gasteiger partial charge in [0.25, 0.3) is 0 Å². The fourth-order valence-corrected chi connectivity index (χ4v) is 2.95. The van der Waals surface area contributed by atoms with Crippen LogP contribution >= 0.6 is 0 Å². The molecule has 0 spiro atoms. The Bertz CT molecular complexity index is 926. The first-order valence-electron chi connectivity index (χ1n) is 8.33. The molecule has 3 rings (SSSR count). The van der Waals surface area contributed by atoms with E-state index in [1.807, 2.05) is 0 Å². The van der Waals surface area contributed by atoms with Gasteiger partial charge in [-0.2, -0.15) is 13.2 Å². The Kier molecular flexibility index (Phi) is 5.08. The molecule has 0 unspecified atom stereocenters. The topological polar surface area (TPSA) is 92.5 Å². The molecule has 0 aromatic heterocycles. The van der Waals surface area contributed by atoms with Crippen molar-refractivity contribution < 1.29 is 27.6 Å².